The summed E-state index contributed by atoms with van der Waals surface area (Å²) in [6.45, 7) is 1.97. The lowest BCUT2D eigenvalue weighted by atomic mass is 10.1. The zero-order valence-corrected chi connectivity index (χ0v) is 8.19. The lowest BCUT2D eigenvalue weighted by Crippen LogP contribution is -1.86. The van der Waals surface area contributed by atoms with Gasteiger partial charge in [-0.15, -0.1) is 0 Å². The number of nitrogen functional groups attached to an aromatic ring is 1. The normalized spacial score (nSPS) is 9.87. The molecular formula is C11H9N3O. The van der Waals surface area contributed by atoms with Crippen molar-refractivity contribution in [2.24, 2.45) is 0 Å². The second kappa shape index (κ2) is 3.46. The number of nitriles is 1. The number of nitrogens with zero attached hydrogens (tertiary/aromatic N) is 2. The molecule has 2 N–H and O–H groups in total. The van der Waals surface area contributed by atoms with Gasteiger partial charge < -0.3 is 10.3 Å². The Bertz CT molecular complexity index is 537. The van der Waals surface area contributed by atoms with Crippen molar-refractivity contribution in [3.63, 3.8) is 0 Å². The molecule has 0 aliphatic heterocycles. The molecule has 15 heavy (non-hydrogen) atoms. The summed E-state index contributed by atoms with van der Waals surface area (Å²) in [4.78, 5) is 0. The van der Waals surface area contributed by atoms with Crippen LogP contribution in [-0.2, 0) is 0 Å². The molecule has 2 rings (SSSR count). The lowest BCUT2D eigenvalue weighted by Gasteiger charge is -1.97. The van der Waals surface area contributed by atoms with Gasteiger partial charge in [-0.05, 0) is 13.0 Å². The van der Waals surface area contributed by atoms with E-state index in [2.05, 4.69) is 5.16 Å². The van der Waals surface area contributed by atoms with Crippen LogP contribution in [0.1, 0.15) is 11.1 Å². The van der Waals surface area contributed by atoms with Crippen LogP contribution < -0.4 is 5.73 Å². The summed E-state index contributed by atoms with van der Waals surface area (Å²) in [7, 11) is 0. The first kappa shape index (κ1) is 9.28. The fourth-order valence-corrected chi connectivity index (χ4v) is 1.40. The highest BCUT2D eigenvalue weighted by Crippen LogP contribution is 2.26. The third kappa shape index (κ3) is 1.55. The van der Waals surface area contributed by atoms with Crippen molar-refractivity contribution in [1.82, 2.24) is 5.16 Å². The molecule has 0 spiro atoms. The van der Waals surface area contributed by atoms with E-state index in [0.717, 1.165) is 11.1 Å². The molecule has 0 aliphatic carbocycles. The van der Waals surface area contributed by atoms with Crippen molar-refractivity contribution in [3.05, 3.63) is 35.4 Å². The monoisotopic (exact) mass is 199 g/mol. The van der Waals surface area contributed by atoms with Crippen LogP contribution in [0.2, 0.25) is 0 Å². The van der Waals surface area contributed by atoms with Crippen molar-refractivity contribution >= 4 is 5.88 Å². The molecule has 0 amide bonds. The summed E-state index contributed by atoms with van der Waals surface area (Å²) >= 11 is 0. The molecule has 0 atom stereocenters. The Labute approximate surface area is 86.9 Å². The highest BCUT2D eigenvalue weighted by atomic mass is 16.5. The van der Waals surface area contributed by atoms with Gasteiger partial charge >= 0.3 is 0 Å². The Kier molecular flexibility index (Phi) is 2.14. The average molecular weight is 199 g/mol. The predicted octanol–water partition coefficient (Wildman–Crippen LogP) is 2.10. The van der Waals surface area contributed by atoms with E-state index in [9.17, 15) is 0 Å². The Morgan fingerprint density at radius 1 is 1.47 bits per heavy atom. The number of hydrogen-bond acceptors (Lipinski definition) is 4. The molecule has 1 aromatic carbocycles. The number of aromatic nitrogens is 1. The van der Waals surface area contributed by atoms with E-state index >= 15 is 0 Å². The minimum absolute atomic E-state index is 0.0639. The molecule has 0 aliphatic rings. The van der Waals surface area contributed by atoms with Crippen LogP contribution in [0.4, 0.5) is 5.88 Å². The Balaban J connectivity index is 2.60. The minimum Gasteiger partial charge on any atom is -0.366 e. The Hall–Kier alpha value is -2.28. The number of hydrogen-bond donors (Lipinski definition) is 1. The quantitative estimate of drug-likeness (QED) is 0.763. The maximum Gasteiger partial charge on any atom is 0.240 e. The zero-order chi connectivity index (χ0) is 10.8. The molecule has 0 radical (unpaired) electrons. The SMILES string of the molecule is Cc1cccc(-c2noc(N)c2C#N)c1. The molecule has 0 saturated heterocycles. The van der Waals surface area contributed by atoms with Crippen molar-refractivity contribution in [2.75, 3.05) is 5.73 Å². The van der Waals surface area contributed by atoms with E-state index in [-0.39, 0.29) is 5.88 Å². The lowest BCUT2D eigenvalue weighted by molar-refractivity contribution is 0.439. The summed E-state index contributed by atoms with van der Waals surface area (Å²) in [5.41, 5.74) is 8.20. The molecule has 74 valence electrons. The van der Waals surface area contributed by atoms with Crippen molar-refractivity contribution in [3.8, 4) is 17.3 Å². The first-order valence-electron chi connectivity index (χ1n) is 4.44. The molecule has 2 aromatic rings. The number of anilines is 1. The van der Waals surface area contributed by atoms with Gasteiger partial charge in [0.25, 0.3) is 0 Å². The fourth-order valence-electron chi connectivity index (χ4n) is 1.40. The van der Waals surface area contributed by atoms with Crippen LogP contribution in [-0.4, -0.2) is 5.16 Å². The number of nitrogens with two attached hydrogens (primary N) is 1. The molecule has 0 unspecified atom stereocenters. The third-order valence-corrected chi connectivity index (χ3v) is 2.12. The van der Waals surface area contributed by atoms with Crippen LogP contribution in [0.3, 0.4) is 0 Å². The summed E-state index contributed by atoms with van der Waals surface area (Å²) < 4.78 is 4.79. The molecule has 0 saturated carbocycles. The van der Waals surface area contributed by atoms with Crippen LogP contribution in [0.15, 0.2) is 28.8 Å². The zero-order valence-electron chi connectivity index (χ0n) is 8.19. The van der Waals surface area contributed by atoms with E-state index in [1.807, 2.05) is 37.3 Å². The highest BCUT2D eigenvalue weighted by Gasteiger charge is 2.14. The van der Waals surface area contributed by atoms with Gasteiger partial charge in [0.05, 0.1) is 0 Å². The first-order chi connectivity index (χ1) is 7.22. The van der Waals surface area contributed by atoms with E-state index in [1.54, 1.807) is 0 Å². The van der Waals surface area contributed by atoms with E-state index in [0.29, 0.717) is 11.3 Å². The maximum atomic E-state index is 8.89. The smallest absolute Gasteiger partial charge is 0.240 e. The number of benzene rings is 1. The summed E-state index contributed by atoms with van der Waals surface area (Å²) in [5, 5.41) is 12.7. The van der Waals surface area contributed by atoms with Gasteiger partial charge in [-0.2, -0.15) is 5.26 Å². The van der Waals surface area contributed by atoms with Crippen molar-refractivity contribution in [2.45, 2.75) is 6.92 Å². The van der Waals surface area contributed by atoms with Crippen LogP contribution >= 0.6 is 0 Å². The second-order valence-electron chi connectivity index (χ2n) is 3.25. The van der Waals surface area contributed by atoms with Crippen molar-refractivity contribution < 1.29 is 4.52 Å². The summed E-state index contributed by atoms with van der Waals surface area (Å²) in [5.74, 6) is 0.0639. The average Bonchev–Trinajstić information content (AvgIpc) is 2.59. The molecule has 1 heterocycles. The summed E-state index contributed by atoms with van der Waals surface area (Å²) in [6, 6.07) is 9.65. The minimum atomic E-state index is 0.0639. The molecule has 4 heteroatoms. The van der Waals surface area contributed by atoms with Gasteiger partial charge in [0.15, 0.2) is 0 Å². The third-order valence-electron chi connectivity index (χ3n) is 2.12. The van der Waals surface area contributed by atoms with Gasteiger partial charge in [0.2, 0.25) is 5.88 Å². The largest absolute Gasteiger partial charge is 0.366 e. The van der Waals surface area contributed by atoms with E-state index < -0.39 is 0 Å². The Morgan fingerprint density at radius 3 is 2.93 bits per heavy atom. The van der Waals surface area contributed by atoms with Crippen molar-refractivity contribution in [1.29, 1.82) is 5.26 Å². The van der Waals surface area contributed by atoms with Gasteiger partial charge in [-0.25, -0.2) is 0 Å². The van der Waals surface area contributed by atoms with Gasteiger partial charge in [0, 0.05) is 5.56 Å². The number of rotatable bonds is 1. The fraction of sp³-hybridized carbons (Fsp3) is 0.0909. The first-order valence-corrected chi connectivity index (χ1v) is 4.44. The second-order valence-corrected chi connectivity index (χ2v) is 3.25. The Morgan fingerprint density at radius 2 is 2.27 bits per heavy atom. The van der Waals surface area contributed by atoms with Crippen LogP contribution in [0.25, 0.3) is 11.3 Å². The molecule has 0 fully saturated rings. The van der Waals surface area contributed by atoms with Gasteiger partial charge in [-0.3, -0.25) is 0 Å². The molecule has 0 bridgehead atoms. The topological polar surface area (TPSA) is 75.8 Å². The predicted molar refractivity (Wildman–Crippen MR) is 55.8 cm³/mol. The molecular weight excluding hydrogens is 190 g/mol. The highest BCUT2D eigenvalue weighted by molar-refractivity contribution is 5.71. The molecule has 1 aromatic heterocycles. The van der Waals surface area contributed by atoms with Gasteiger partial charge in [-0.1, -0.05) is 28.9 Å². The van der Waals surface area contributed by atoms with Crippen LogP contribution in [0.5, 0.6) is 0 Å². The number of aryl methyl sites for hydroxylation is 1. The maximum absolute atomic E-state index is 8.89. The summed E-state index contributed by atoms with van der Waals surface area (Å²) in [6.07, 6.45) is 0. The van der Waals surface area contributed by atoms with Gasteiger partial charge in [0.1, 0.15) is 17.3 Å². The molecule has 4 nitrogen and oxygen atoms in total. The standard InChI is InChI=1S/C11H9N3O/c1-7-3-2-4-8(5-7)10-9(6-12)11(13)15-14-10/h2-5H,13H2,1H3. The van der Waals surface area contributed by atoms with E-state index in [1.165, 1.54) is 0 Å². The van der Waals surface area contributed by atoms with Crippen LogP contribution in [0, 0.1) is 18.3 Å². The van der Waals surface area contributed by atoms with E-state index in [4.69, 9.17) is 15.5 Å².